The molecule has 0 N–H and O–H groups in total. The highest BCUT2D eigenvalue weighted by Crippen LogP contribution is 2.31. The van der Waals surface area contributed by atoms with Gasteiger partial charge in [0.25, 0.3) is 0 Å². The van der Waals surface area contributed by atoms with Crippen LogP contribution in [0.5, 0.6) is 5.75 Å². The highest BCUT2D eigenvalue weighted by molar-refractivity contribution is 8.13. The molecule has 108 valence electrons. The number of ether oxygens (including phenoxy) is 1. The summed E-state index contributed by atoms with van der Waals surface area (Å²) in [5.74, 6) is 1.89. The summed E-state index contributed by atoms with van der Waals surface area (Å²) in [4.78, 5) is 25.0. The molecule has 1 aromatic carbocycles. The van der Waals surface area contributed by atoms with E-state index in [9.17, 15) is 9.59 Å². The Morgan fingerprint density at radius 3 is 2.85 bits per heavy atom. The van der Waals surface area contributed by atoms with E-state index in [4.69, 9.17) is 4.74 Å². The number of anilines is 1. The minimum absolute atomic E-state index is 0.108. The zero-order valence-corrected chi connectivity index (χ0v) is 12.8. The molecule has 20 heavy (non-hydrogen) atoms. The summed E-state index contributed by atoms with van der Waals surface area (Å²) < 4.78 is 5.18. The first-order chi connectivity index (χ1) is 9.51. The number of hydrogen-bond donors (Lipinski definition) is 0. The highest BCUT2D eigenvalue weighted by atomic mass is 32.2. The first kappa shape index (κ1) is 14.9. The van der Waals surface area contributed by atoms with Gasteiger partial charge in [0.1, 0.15) is 5.75 Å². The minimum Gasteiger partial charge on any atom is -0.497 e. The van der Waals surface area contributed by atoms with E-state index in [0.717, 1.165) is 17.0 Å². The van der Waals surface area contributed by atoms with Gasteiger partial charge in [-0.05, 0) is 36.6 Å². The molecule has 0 radical (unpaired) electrons. The molecule has 0 saturated carbocycles. The normalized spacial score (nSPS) is 18.4. The second-order valence-electron chi connectivity index (χ2n) is 5.03. The molecule has 2 rings (SSSR count). The molecule has 1 saturated heterocycles. The topological polar surface area (TPSA) is 46.6 Å². The molecule has 4 nitrogen and oxygen atoms in total. The molecule has 0 spiro atoms. The van der Waals surface area contributed by atoms with Gasteiger partial charge in [0.15, 0.2) is 5.12 Å². The van der Waals surface area contributed by atoms with Crippen molar-refractivity contribution in [3.8, 4) is 5.75 Å². The van der Waals surface area contributed by atoms with E-state index in [0.29, 0.717) is 18.7 Å². The fourth-order valence-electron chi connectivity index (χ4n) is 2.42. The number of amides is 1. The Labute approximate surface area is 123 Å². The summed E-state index contributed by atoms with van der Waals surface area (Å²) in [5, 5.41) is 0.108. The average molecular weight is 293 g/mol. The Kier molecular flexibility index (Phi) is 4.70. The molecule has 1 aromatic rings. The first-order valence-corrected chi connectivity index (χ1v) is 7.58. The van der Waals surface area contributed by atoms with E-state index < -0.39 is 0 Å². The van der Waals surface area contributed by atoms with Crippen LogP contribution in [0.4, 0.5) is 5.69 Å². The van der Waals surface area contributed by atoms with Crippen molar-refractivity contribution in [2.75, 3.05) is 24.3 Å². The summed E-state index contributed by atoms with van der Waals surface area (Å²) in [6.07, 6.45) is 0.520. The smallest absolute Gasteiger partial charge is 0.227 e. The van der Waals surface area contributed by atoms with Crippen LogP contribution in [0.25, 0.3) is 0 Å². The molecule has 1 atom stereocenters. The zero-order chi connectivity index (χ0) is 14.7. The summed E-state index contributed by atoms with van der Waals surface area (Å²) in [7, 11) is 1.63. The molecule has 1 amide bonds. The highest BCUT2D eigenvalue weighted by Gasteiger charge is 2.31. The van der Waals surface area contributed by atoms with Crippen molar-refractivity contribution < 1.29 is 14.3 Å². The van der Waals surface area contributed by atoms with Crippen LogP contribution in [0.1, 0.15) is 18.9 Å². The van der Waals surface area contributed by atoms with Gasteiger partial charge in [-0.3, -0.25) is 9.59 Å². The Morgan fingerprint density at radius 1 is 1.50 bits per heavy atom. The standard InChI is InChI=1S/C15H19NO3S/c1-10-6-13(19-3)4-5-14(10)16-8-12(7-15(16)18)9-20-11(2)17/h4-6,12H,7-9H2,1-3H3. The van der Waals surface area contributed by atoms with Gasteiger partial charge >= 0.3 is 0 Å². The molecule has 1 unspecified atom stereocenters. The quantitative estimate of drug-likeness (QED) is 0.856. The third-order valence-electron chi connectivity index (χ3n) is 3.42. The van der Waals surface area contributed by atoms with Crippen molar-refractivity contribution in [3.63, 3.8) is 0 Å². The van der Waals surface area contributed by atoms with Crippen molar-refractivity contribution in [1.29, 1.82) is 0 Å². The number of aryl methyl sites for hydroxylation is 1. The van der Waals surface area contributed by atoms with Crippen molar-refractivity contribution in [3.05, 3.63) is 23.8 Å². The van der Waals surface area contributed by atoms with Crippen molar-refractivity contribution in [1.82, 2.24) is 0 Å². The third kappa shape index (κ3) is 3.33. The SMILES string of the molecule is COc1ccc(N2CC(CSC(C)=O)CC2=O)c(C)c1. The Hall–Kier alpha value is -1.49. The molecular formula is C15H19NO3S. The average Bonchev–Trinajstić information content (AvgIpc) is 2.77. The van der Waals surface area contributed by atoms with Crippen LogP contribution in [0, 0.1) is 12.8 Å². The van der Waals surface area contributed by atoms with Gasteiger partial charge in [0, 0.05) is 31.3 Å². The lowest BCUT2D eigenvalue weighted by atomic mass is 10.1. The van der Waals surface area contributed by atoms with Crippen molar-refractivity contribution in [2.24, 2.45) is 5.92 Å². The number of carbonyl (C=O) groups excluding carboxylic acids is 2. The minimum atomic E-state index is 0.108. The van der Waals surface area contributed by atoms with Gasteiger partial charge in [0.2, 0.25) is 5.91 Å². The molecular weight excluding hydrogens is 274 g/mol. The summed E-state index contributed by atoms with van der Waals surface area (Å²) in [5.41, 5.74) is 1.96. The van der Waals surface area contributed by atoms with Crippen LogP contribution in [0.3, 0.4) is 0 Å². The Balaban J connectivity index is 2.09. The van der Waals surface area contributed by atoms with Gasteiger partial charge in [0.05, 0.1) is 7.11 Å². The molecule has 0 aromatic heterocycles. The number of benzene rings is 1. The second-order valence-corrected chi connectivity index (χ2v) is 6.23. The molecule has 1 heterocycles. The van der Waals surface area contributed by atoms with E-state index in [2.05, 4.69) is 0 Å². The number of thioether (sulfide) groups is 1. The summed E-state index contributed by atoms with van der Waals surface area (Å²) in [6, 6.07) is 5.72. The zero-order valence-electron chi connectivity index (χ0n) is 12.0. The van der Waals surface area contributed by atoms with Crippen molar-refractivity contribution in [2.45, 2.75) is 20.3 Å². The Morgan fingerprint density at radius 2 is 2.25 bits per heavy atom. The lowest BCUT2D eigenvalue weighted by Gasteiger charge is -2.19. The van der Waals surface area contributed by atoms with Gasteiger partial charge in [-0.1, -0.05) is 11.8 Å². The summed E-state index contributed by atoms with van der Waals surface area (Å²) >= 11 is 1.30. The van der Waals surface area contributed by atoms with E-state index in [1.54, 1.807) is 14.0 Å². The van der Waals surface area contributed by atoms with Gasteiger partial charge in [-0.15, -0.1) is 0 Å². The van der Waals surface area contributed by atoms with Crippen LogP contribution in [0.15, 0.2) is 18.2 Å². The summed E-state index contributed by atoms with van der Waals surface area (Å²) in [6.45, 7) is 4.22. The fraction of sp³-hybridized carbons (Fsp3) is 0.467. The van der Waals surface area contributed by atoms with Crippen molar-refractivity contribution >= 4 is 28.5 Å². The van der Waals surface area contributed by atoms with Gasteiger partial charge < -0.3 is 9.64 Å². The van der Waals surface area contributed by atoms with Crippen LogP contribution in [-0.2, 0) is 9.59 Å². The fourth-order valence-corrected chi connectivity index (χ4v) is 3.11. The number of hydrogen-bond acceptors (Lipinski definition) is 4. The molecule has 1 aliphatic heterocycles. The molecule has 0 aliphatic carbocycles. The Bertz CT molecular complexity index is 530. The lowest BCUT2D eigenvalue weighted by molar-refractivity contribution is -0.117. The second kappa shape index (κ2) is 6.31. The van der Waals surface area contributed by atoms with Crippen LogP contribution < -0.4 is 9.64 Å². The number of rotatable bonds is 4. The number of nitrogens with zero attached hydrogens (tertiary/aromatic N) is 1. The predicted molar refractivity (Wildman–Crippen MR) is 81.3 cm³/mol. The number of methoxy groups -OCH3 is 1. The monoisotopic (exact) mass is 293 g/mol. The molecule has 1 aliphatic rings. The van der Waals surface area contributed by atoms with E-state index in [1.165, 1.54) is 11.8 Å². The molecule has 5 heteroatoms. The maximum atomic E-state index is 12.1. The maximum Gasteiger partial charge on any atom is 0.227 e. The largest absolute Gasteiger partial charge is 0.497 e. The predicted octanol–water partition coefficient (Wildman–Crippen LogP) is 2.64. The van der Waals surface area contributed by atoms with E-state index in [-0.39, 0.29) is 16.9 Å². The lowest BCUT2D eigenvalue weighted by Crippen LogP contribution is -2.25. The van der Waals surface area contributed by atoms with Crippen LogP contribution in [-0.4, -0.2) is 30.4 Å². The maximum absolute atomic E-state index is 12.1. The molecule has 0 bridgehead atoms. The van der Waals surface area contributed by atoms with Gasteiger partial charge in [-0.25, -0.2) is 0 Å². The number of carbonyl (C=O) groups is 2. The van der Waals surface area contributed by atoms with Crippen LogP contribution >= 0.6 is 11.8 Å². The third-order valence-corrected chi connectivity index (χ3v) is 4.47. The van der Waals surface area contributed by atoms with E-state index >= 15 is 0 Å². The van der Waals surface area contributed by atoms with E-state index in [1.807, 2.05) is 30.0 Å². The van der Waals surface area contributed by atoms with Crippen LogP contribution in [0.2, 0.25) is 0 Å². The molecule has 1 fully saturated rings. The first-order valence-electron chi connectivity index (χ1n) is 6.59. The van der Waals surface area contributed by atoms with Gasteiger partial charge in [-0.2, -0.15) is 0 Å².